The molecule has 200 valence electrons. The summed E-state index contributed by atoms with van der Waals surface area (Å²) in [5.74, 6) is 0.603. The minimum Gasteiger partial charge on any atom is -0.486 e. The Labute approximate surface area is 221 Å². The average Bonchev–Trinajstić information content (AvgIpc) is 3.25. The first-order valence-corrected chi connectivity index (χ1v) is 12.7. The molecular formula is C29H34N4O5. The van der Waals surface area contributed by atoms with Crippen LogP contribution in [0.2, 0.25) is 0 Å². The predicted octanol–water partition coefficient (Wildman–Crippen LogP) is 5.69. The Bertz CT molecular complexity index is 1480. The zero-order valence-corrected chi connectivity index (χ0v) is 22.7. The van der Waals surface area contributed by atoms with E-state index in [1.165, 1.54) is 0 Å². The first-order chi connectivity index (χ1) is 18.0. The number of fused-ring (bicyclic) bond motifs is 1. The maximum Gasteiger partial charge on any atom is 0.439 e. The van der Waals surface area contributed by atoms with Gasteiger partial charge in [0.25, 0.3) is 0 Å². The maximum atomic E-state index is 12.6. The number of nitrogens with zero attached hydrogens (tertiary/aromatic N) is 2. The van der Waals surface area contributed by atoms with Crippen molar-refractivity contribution in [3.05, 3.63) is 75.7 Å². The Morgan fingerprint density at radius 1 is 1.13 bits per heavy atom. The van der Waals surface area contributed by atoms with Gasteiger partial charge < -0.3 is 14.8 Å². The number of rotatable bonds is 8. The number of aromatic nitrogens is 3. The fraction of sp³-hybridized carbons (Fsp3) is 0.379. The number of carbonyl (C=O) groups excluding carboxylic acids is 1. The molecule has 2 aromatic heterocycles. The van der Waals surface area contributed by atoms with E-state index in [0.29, 0.717) is 17.5 Å². The van der Waals surface area contributed by atoms with Crippen LogP contribution < -0.4 is 15.8 Å². The van der Waals surface area contributed by atoms with E-state index in [9.17, 15) is 9.59 Å². The highest BCUT2D eigenvalue weighted by Gasteiger charge is 2.21. The molecule has 0 radical (unpaired) electrons. The van der Waals surface area contributed by atoms with Gasteiger partial charge in [0.05, 0.1) is 5.52 Å². The lowest BCUT2D eigenvalue weighted by molar-refractivity contribution is 0.0523. The Balaban J connectivity index is 1.82. The van der Waals surface area contributed by atoms with Gasteiger partial charge in [0.15, 0.2) is 5.82 Å². The highest BCUT2D eigenvalue weighted by molar-refractivity contribution is 5.97. The van der Waals surface area contributed by atoms with E-state index in [1.54, 1.807) is 0 Å². The molecule has 0 bridgehead atoms. The number of benzene rings is 2. The molecular weight excluding hydrogens is 484 g/mol. The van der Waals surface area contributed by atoms with Crippen LogP contribution in [-0.4, -0.2) is 26.8 Å². The van der Waals surface area contributed by atoms with E-state index >= 15 is 0 Å². The van der Waals surface area contributed by atoms with Crippen molar-refractivity contribution in [3.63, 3.8) is 0 Å². The molecule has 9 heteroatoms. The summed E-state index contributed by atoms with van der Waals surface area (Å²) in [5, 5.41) is 7.47. The highest BCUT2D eigenvalue weighted by Crippen LogP contribution is 2.36. The molecule has 0 spiro atoms. The molecule has 0 saturated heterocycles. The first kappa shape index (κ1) is 26.9. The van der Waals surface area contributed by atoms with Gasteiger partial charge in [-0.3, -0.25) is 14.5 Å². The summed E-state index contributed by atoms with van der Waals surface area (Å²) in [6, 6.07) is 14.0. The van der Waals surface area contributed by atoms with Crippen LogP contribution in [0.1, 0.15) is 57.3 Å². The van der Waals surface area contributed by atoms with E-state index in [1.807, 2.05) is 45.9 Å². The number of alkyl carbamates (subject to hydrolysis) is 1. The van der Waals surface area contributed by atoms with Crippen LogP contribution in [0.3, 0.4) is 0 Å². The van der Waals surface area contributed by atoms with Gasteiger partial charge in [-0.15, -0.1) is 0 Å². The van der Waals surface area contributed by atoms with E-state index in [0.717, 1.165) is 45.3 Å². The van der Waals surface area contributed by atoms with Crippen LogP contribution in [0.25, 0.3) is 22.0 Å². The molecule has 4 aromatic rings. The summed E-state index contributed by atoms with van der Waals surface area (Å²) >= 11 is 0. The normalized spacial score (nSPS) is 11.7. The monoisotopic (exact) mass is 518 g/mol. The first-order valence-electron chi connectivity index (χ1n) is 12.7. The molecule has 2 heterocycles. The van der Waals surface area contributed by atoms with Gasteiger partial charge in [0.2, 0.25) is 0 Å². The minimum atomic E-state index is -0.632. The number of ether oxygens (including phenoxy) is 2. The van der Waals surface area contributed by atoms with Gasteiger partial charge in [-0.1, -0.05) is 48.8 Å². The molecule has 9 nitrogen and oxygen atoms in total. The summed E-state index contributed by atoms with van der Waals surface area (Å²) in [6.07, 6.45) is 0.263. The molecule has 1 amide bonds. The quantitative estimate of drug-likeness (QED) is 0.308. The van der Waals surface area contributed by atoms with E-state index < -0.39 is 17.5 Å². The number of aryl methyl sites for hydroxylation is 1. The van der Waals surface area contributed by atoms with Crippen molar-refractivity contribution < 1.29 is 18.8 Å². The molecule has 0 aliphatic rings. The van der Waals surface area contributed by atoms with Crippen molar-refractivity contribution in [1.82, 2.24) is 20.4 Å². The number of H-pyrrole nitrogens is 1. The lowest BCUT2D eigenvalue weighted by Gasteiger charge is -2.22. The highest BCUT2D eigenvalue weighted by atomic mass is 16.6. The number of amides is 1. The van der Waals surface area contributed by atoms with Crippen molar-refractivity contribution in [2.24, 2.45) is 5.92 Å². The number of carbonyl (C=O) groups is 1. The third-order valence-electron chi connectivity index (χ3n) is 5.75. The van der Waals surface area contributed by atoms with Crippen molar-refractivity contribution in [1.29, 1.82) is 0 Å². The van der Waals surface area contributed by atoms with Crippen molar-refractivity contribution in [2.45, 2.75) is 66.7 Å². The number of hydrogen-bond acceptors (Lipinski definition) is 7. The number of hydrogen-bond donors (Lipinski definition) is 2. The fourth-order valence-electron chi connectivity index (χ4n) is 4.17. The third kappa shape index (κ3) is 6.79. The van der Waals surface area contributed by atoms with Crippen molar-refractivity contribution >= 4 is 17.0 Å². The Hall–Kier alpha value is -4.14. The number of nitrogens with one attached hydrogen (secondary N) is 2. The molecule has 2 aromatic carbocycles. The second kappa shape index (κ2) is 11.1. The third-order valence-corrected chi connectivity index (χ3v) is 5.75. The summed E-state index contributed by atoms with van der Waals surface area (Å²) < 4.78 is 15.9. The summed E-state index contributed by atoms with van der Waals surface area (Å²) in [5.41, 5.74) is 5.20. The standard InChI is InChI=1S/C29H34N4O5/c1-17(2)13-24-22(15-30-27(34)37-29(4,5)6)26(19-9-7-18(3)8-10-19)21-14-20(11-12-23(21)31-24)36-16-25-32-28(35)38-33-25/h7-12,14,17H,13,15-16H2,1-6H3,(H,30,34)(H,32,33,35). The molecule has 0 fully saturated rings. The smallest absolute Gasteiger partial charge is 0.439 e. The minimum absolute atomic E-state index is 0.0447. The van der Waals surface area contributed by atoms with Crippen LogP contribution in [0.15, 0.2) is 51.8 Å². The Morgan fingerprint density at radius 2 is 1.87 bits per heavy atom. The van der Waals surface area contributed by atoms with E-state index in [4.69, 9.17) is 14.5 Å². The lowest BCUT2D eigenvalue weighted by atomic mass is 9.91. The molecule has 0 saturated carbocycles. The summed E-state index contributed by atoms with van der Waals surface area (Å²) in [4.78, 5) is 31.3. The van der Waals surface area contributed by atoms with Crippen LogP contribution >= 0.6 is 0 Å². The van der Waals surface area contributed by atoms with Crippen molar-refractivity contribution in [3.8, 4) is 16.9 Å². The maximum absolute atomic E-state index is 12.6. The predicted molar refractivity (Wildman–Crippen MR) is 145 cm³/mol. The number of pyridine rings is 1. The van der Waals surface area contributed by atoms with Crippen LogP contribution in [0, 0.1) is 12.8 Å². The van der Waals surface area contributed by atoms with Crippen molar-refractivity contribution in [2.75, 3.05) is 0 Å². The second-order valence-corrected chi connectivity index (χ2v) is 10.7. The molecule has 2 N–H and O–H groups in total. The van der Waals surface area contributed by atoms with Crippen LogP contribution in [0.5, 0.6) is 5.75 Å². The fourth-order valence-corrected chi connectivity index (χ4v) is 4.17. The van der Waals surface area contributed by atoms with E-state index in [2.05, 4.69) is 58.1 Å². The topological polar surface area (TPSA) is 119 Å². The SMILES string of the molecule is Cc1ccc(-c2c(CNC(=O)OC(C)(C)C)c(CC(C)C)nc3ccc(OCc4noc(=O)[nH]4)cc23)cc1. The Kier molecular flexibility index (Phi) is 7.85. The largest absolute Gasteiger partial charge is 0.486 e. The van der Waals surface area contributed by atoms with Gasteiger partial charge in [-0.25, -0.2) is 9.59 Å². The molecule has 0 unspecified atom stereocenters. The Morgan fingerprint density at radius 3 is 2.50 bits per heavy atom. The van der Waals surface area contributed by atoms with Gasteiger partial charge in [0.1, 0.15) is 18.0 Å². The molecule has 0 aliphatic carbocycles. The number of aromatic amines is 1. The lowest BCUT2D eigenvalue weighted by Crippen LogP contribution is -2.32. The average molecular weight is 519 g/mol. The molecule has 4 rings (SSSR count). The van der Waals surface area contributed by atoms with Gasteiger partial charge in [-0.05, 0) is 69.4 Å². The summed E-state index contributed by atoms with van der Waals surface area (Å²) in [6.45, 7) is 12.1. The van der Waals surface area contributed by atoms with Crippen LogP contribution in [-0.2, 0) is 24.3 Å². The molecule has 0 atom stereocenters. The second-order valence-electron chi connectivity index (χ2n) is 10.7. The van der Waals surface area contributed by atoms with Gasteiger partial charge in [-0.2, -0.15) is 0 Å². The zero-order valence-electron chi connectivity index (χ0n) is 22.7. The van der Waals surface area contributed by atoms with Gasteiger partial charge >= 0.3 is 11.8 Å². The molecule has 38 heavy (non-hydrogen) atoms. The van der Waals surface area contributed by atoms with Crippen LogP contribution in [0.4, 0.5) is 4.79 Å². The van der Waals surface area contributed by atoms with Gasteiger partial charge in [0, 0.05) is 23.2 Å². The van der Waals surface area contributed by atoms with E-state index in [-0.39, 0.29) is 13.2 Å². The summed E-state index contributed by atoms with van der Waals surface area (Å²) in [7, 11) is 0. The molecule has 0 aliphatic heterocycles. The zero-order chi connectivity index (χ0) is 27.4.